The summed E-state index contributed by atoms with van der Waals surface area (Å²) < 4.78 is 36.7. The smallest absolute Gasteiger partial charge is 0.287 e. The zero-order valence-electron chi connectivity index (χ0n) is 15.4. The van der Waals surface area contributed by atoms with Crippen molar-refractivity contribution in [3.63, 3.8) is 0 Å². The van der Waals surface area contributed by atoms with Gasteiger partial charge in [0.05, 0.1) is 6.61 Å². The molecule has 0 bridgehead atoms. The second-order valence-electron chi connectivity index (χ2n) is 5.82. The van der Waals surface area contributed by atoms with Gasteiger partial charge in [-0.2, -0.15) is 12.8 Å². The van der Waals surface area contributed by atoms with Crippen LogP contribution in [0.3, 0.4) is 0 Å². The Kier molecular flexibility index (Phi) is 7.40. The summed E-state index contributed by atoms with van der Waals surface area (Å²) in [6.45, 7) is 2.15. The molecule has 0 atom stereocenters. The molecule has 0 fully saturated rings. The molecule has 0 unspecified atom stereocenters. The van der Waals surface area contributed by atoms with Crippen LogP contribution < -0.4 is 4.74 Å². The van der Waals surface area contributed by atoms with Gasteiger partial charge in [-0.05, 0) is 49.4 Å². The molecule has 0 aliphatic rings. The maximum Gasteiger partial charge on any atom is 0.287 e. The zero-order valence-corrected chi connectivity index (χ0v) is 19.4. The van der Waals surface area contributed by atoms with E-state index in [1.165, 1.54) is 17.8 Å². The average molecular weight is 511 g/mol. The fraction of sp³-hybridized carbons (Fsp3) is 0.0952. The minimum Gasteiger partial charge on any atom is -0.492 e. The normalized spacial score (nSPS) is 12.0. The maximum atomic E-state index is 13.2. The van der Waals surface area contributed by atoms with Crippen LogP contribution in [0.4, 0.5) is 0 Å². The topological polar surface area (TPSA) is 55.7 Å². The van der Waals surface area contributed by atoms with Gasteiger partial charge < -0.3 is 4.74 Å². The number of thioether (sulfide) groups is 1. The van der Waals surface area contributed by atoms with Gasteiger partial charge >= 0.3 is 0 Å². The second kappa shape index (κ2) is 9.80. The molecule has 3 rings (SSSR count). The number of sulfonamides is 1. The van der Waals surface area contributed by atoms with E-state index in [0.29, 0.717) is 26.7 Å². The lowest BCUT2D eigenvalue weighted by Crippen LogP contribution is -2.06. The summed E-state index contributed by atoms with van der Waals surface area (Å²) in [5.41, 5.74) is 0.698. The third kappa shape index (κ3) is 5.85. The van der Waals surface area contributed by atoms with Crippen molar-refractivity contribution in [1.29, 1.82) is 0 Å². The summed E-state index contributed by atoms with van der Waals surface area (Å²) in [6, 6.07) is 21.2. The monoisotopic (exact) mass is 509 g/mol. The van der Waals surface area contributed by atoms with Gasteiger partial charge in [-0.25, -0.2) is 0 Å². The highest BCUT2D eigenvalue weighted by molar-refractivity contribution is 9.10. The third-order valence-corrected chi connectivity index (χ3v) is 6.92. The highest BCUT2D eigenvalue weighted by Gasteiger charge is 2.22. The Hall–Kier alpha value is -1.80. The van der Waals surface area contributed by atoms with E-state index in [1.807, 2.05) is 42.5 Å². The lowest BCUT2D eigenvalue weighted by molar-refractivity contribution is 0.331. The van der Waals surface area contributed by atoms with E-state index < -0.39 is 10.0 Å². The van der Waals surface area contributed by atoms with Crippen molar-refractivity contribution in [2.75, 3.05) is 6.61 Å². The molecule has 4 nitrogen and oxygen atoms in total. The maximum absolute atomic E-state index is 13.2. The zero-order chi connectivity index (χ0) is 20.9. The van der Waals surface area contributed by atoms with Gasteiger partial charge in [-0.1, -0.05) is 69.6 Å². The summed E-state index contributed by atoms with van der Waals surface area (Å²) >= 11 is 10.5. The van der Waals surface area contributed by atoms with Gasteiger partial charge in [-0.3, -0.25) is 0 Å². The van der Waals surface area contributed by atoms with E-state index >= 15 is 0 Å². The van der Waals surface area contributed by atoms with Crippen LogP contribution >= 0.6 is 39.3 Å². The fourth-order valence-electron chi connectivity index (χ4n) is 2.44. The Morgan fingerprint density at radius 3 is 2.41 bits per heavy atom. The van der Waals surface area contributed by atoms with E-state index in [0.717, 1.165) is 4.90 Å². The van der Waals surface area contributed by atoms with Gasteiger partial charge in [0, 0.05) is 20.0 Å². The van der Waals surface area contributed by atoms with Crippen molar-refractivity contribution in [3.05, 3.63) is 87.9 Å². The summed E-state index contributed by atoms with van der Waals surface area (Å²) in [5.74, 6) is 0.267. The van der Waals surface area contributed by atoms with Gasteiger partial charge in [0.25, 0.3) is 10.0 Å². The first kappa shape index (κ1) is 21.9. The number of benzene rings is 3. The van der Waals surface area contributed by atoms with Crippen LogP contribution in [0.25, 0.3) is 0 Å². The van der Waals surface area contributed by atoms with Gasteiger partial charge in [0.2, 0.25) is 0 Å². The minimum atomic E-state index is -4.03. The Morgan fingerprint density at radius 1 is 1.07 bits per heavy atom. The van der Waals surface area contributed by atoms with Crippen LogP contribution in [-0.2, 0) is 10.0 Å². The van der Waals surface area contributed by atoms with Crippen molar-refractivity contribution >= 4 is 54.4 Å². The van der Waals surface area contributed by atoms with Crippen LogP contribution in [0.2, 0.25) is 5.02 Å². The standard InChI is InChI=1S/C21H17BrClNO3S2/c1-2-27-19-13-8-16(22)14-20(19)29(25,26)24-21(15-6-4-3-5-7-15)28-18-11-9-17(23)10-12-18/h3-14H,2H2,1H3/b24-21+. The van der Waals surface area contributed by atoms with Crippen LogP contribution in [0.1, 0.15) is 12.5 Å². The van der Waals surface area contributed by atoms with Crippen LogP contribution in [0.15, 0.2) is 91.5 Å². The molecule has 0 aliphatic heterocycles. The minimum absolute atomic E-state index is 0.0128. The Balaban J connectivity index is 2.09. The molecule has 0 saturated carbocycles. The largest absolute Gasteiger partial charge is 0.492 e. The molecule has 3 aromatic carbocycles. The van der Waals surface area contributed by atoms with E-state index in [1.54, 1.807) is 31.2 Å². The van der Waals surface area contributed by atoms with E-state index in [4.69, 9.17) is 16.3 Å². The number of halogens is 2. The average Bonchev–Trinajstić information content (AvgIpc) is 2.71. The highest BCUT2D eigenvalue weighted by Crippen LogP contribution is 2.32. The molecule has 8 heteroatoms. The summed E-state index contributed by atoms with van der Waals surface area (Å²) in [5, 5.41) is 0.964. The lowest BCUT2D eigenvalue weighted by Gasteiger charge is -2.11. The predicted molar refractivity (Wildman–Crippen MR) is 123 cm³/mol. The molecule has 29 heavy (non-hydrogen) atoms. The number of hydrogen-bond acceptors (Lipinski definition) is 4. The molecule has 0 aliphatic carbocycles. The molecule has 0 heterocycles. The summed E-state index contributed by atoms with van der Waals surface area (Å²) in [7, 11) is -4.03. The van der Waals surface area contributed by atoms with Crippen molar-refractivity contribution < 1.29 is 13.2 Å². The van der Waals surface area contributed by atoms with Crippen molar-refractivity contribution in [2.24, 2.45) is 4.40 Å². The van der Waals surface area contributed by atoms with E-state index in [2.05, 4.69) is 20.3 Å². The number of rotatable bonds is 6. The predicted octanol–water partition coefficient (Wildman–Crippen LogP) is 6.43. The molecule has 0 N–H and O–H groups in total. The Bertz CT molecular complexity index is 1120. The number of nitrogens with zero attached hydrogens (tertiary/aromatic N) is 1. The summed E-state index contributed by atoms with van der Waals surface area (Å²) in [6.07, 6.45) is 0. The number of ether oxygens (including phenoxy) is 1. The van der Waals surface area contributed by atoms with Gasteiger partial charge in [-0.15, -0.1) is 0 Å². The van der Waals surface area contributed by atoms with Crippen molar-refractivity contribution in [3.8, 4) is 5.75 Å². The van der Waals surface area contributed by atoms with Crippen molar-refractivity contribution in [2.45, 2.75) is 16.7 Å². The van der Waals surface area contributed by atoms with Gasteiger partial charge in [0.1, 0.15) is 15.7 Å². The first-order chi connectivity index (χ1) is 13.9. The van der Waals surface area contributed by atoms with E-state index in [-0.39, 0.29) is 10.6 Å². The molecule has 0 aromatic heterocycles. The van der Waals surface area contributed by atoms with Crippen molar-refractivity contribution in [1.82, 2.24) is 0 Å². The summed E-state index contributed by atoms with van der Waals surface area (Å²) in [4.78, 5) is 0.838. The molecular formula is C21H17BrClNO3S2. The van der Waals surface area contributed by atoms with Crippen LogP contribution in [-0.4, -0.2) is 20.1 Å². The first-order valence-electron chi connectivity index (χ1n) is 8.65. The lowest BCUT2D eigenvalue weighted by atomic mass is 10.2. The molecular weight excluding hydrogens is 494 g/mol. The SMILES string of the molecule is CCOc1ccc(Br)cc1S(=O)(=O)/N=C(/Sc1ccc(Cl)cc1)c1ccccc1. The molecule has 0 radical (unpaired) electrons. The molecule has 150 valence electrons. The molecule has 0 saturated heterocycles. The van der Waals surface area contributed by atoms with E-state index in [9.17, 15) is 8.42 Å². The fourth-order valence-corrected chi connectivity index (χ4v) is 5.35. The Morgan fingerprint density at radius 2 is 1.76 bits per heavy atom. The van der Waals surface area contributed by atoms with Crippen LogP contribution in [0.5, 0.6) is 5.75 Å². The molecule has 0 spiro atoms. The molecule has 3 aromatic rings. The Labute approximate surface area is 188 Å². The second-order valence-corrected chi connectivity index (χ2v) is 9.80. The quantitative estimate of drug-likeness (QED) is 0.218. The highest BCUT2D eigenvalue weighted by atomic mass is 79.9. The first-order valence-corrected chi connectivity index (χ1v) is 12.1. The van der Waals surface area contributed by atoms with Gasteiger partial charge in [0.15, 0.2) is 0 Å². The number of hydrogen-bond donors (Lipinski definition) is 0. The van der Waals surface area contributed by atoms with Crippen LogP contribution in [0, 0.1) is 0 Å². The molecule has 0 amide bonds. The third-order valence-electron chi connectivity index (χ3n) is 3.74.